The van der Waals surface area contributed by atoms with Gasteiger partial charge in [-0.25, -0.2) is 9.59 Å². The maximum absolute atomic E-state index is 14.4. The molecule has 4 rings (SSSR count). The second-order valence-corrected chi connectivity index (χ2v) is 7.63. The van der Waals surface area contributed by atoms with Crippen molar-refractivity contribution in [2.75, 3.05) is 25.7 Å². The molecule has 1 aliphatic rings. The van der Waals surface area contributed by atoms with Crippen LogP contribution in [0.5, 0.6) is 11.5 Å². The number of aliphatic hydroxyl groups is 2. The highest BCUT2D eigenvalue weighted by Gasteiger charge is 2.59. The van der Waals surface area contributed by atoms with Gasteiger partial charge in [0.15, 0.2) is 17.4 Å². The van der Waals surface area contributed by atoms with Crippen molar-refractivity contribution < 1.29 is 47.5 Å². The lowest BCUT2D eigenvalue weighted by Crippen LogP contribution is -2.42. The number of carbonyl (C=O) groups is 1. The molecule has 0 bridgehead atoms. The number of anilines is 1. The third-order valence-electron chi connectivity index (χ3n) is 5.51. The fraction of sp³-hybridized carbons (Fsp3) is 0.381. The number of hydrogen-bond donors (Lipinski definition) is 3. The summed E-state index contributed by atoms with van der Waals surface area (Å²) in [5.41, 5.74) is -0.908. The molecule has 1 aliphatic heterocycles. The quantitative estimate of drug-likeness (QED) is 0.438. The zero-order valence-corrected chi connectivity index (χ0v) is 18.4. The van der Waals surface area contributed by atoms with E-state index in [1.807, 2.05) is 0 Å². The Morgan fingerprint density at radius 2 is 2.03 bits per heavy atom. The number of carboxylic acid groups (broad SMARTS) is 1. The van der Waals surface area contributed by atoms with E-state index in [0.29, 0.717) is 31.9 Å². The monoisotopic (exact) mass is 497 g/mol. The van der Waals surface area contributed by atoms with E-state index < -0.39 is 42.7 Å². The molecule has 1 fully saturated rings. The predicted molar refractivity (Wildman–Crippen MR) is 114 cm³/mol. The van der Waals surface area contributed by atoms with Crippen molar-refractivity contribution in [3.05, 3.63) is 46.7 Å². The van der Waals surface area contributed by atoms with Crippen LogP contribution in [-0.4, -0.2) is 69.9 Å². The fourth-order valence-corrected chi connectivity index (χ4v) is 3.75. The van der Waals surface area contributed by atoms with Crippen LogP contribution in [0.15, 0.2) is 39.7 Å². The van der Waals surface area contributed by atoms with E-state index in [0.717, 1.165) is 12.3 Å². The van der Waals surface area contributed by atoms with Crippen LogP contribution >= 0.6 is 0 Å². The first-order valence-corrected chi connectivity index (χ1v) is 10.2. The van der Waals surface area contributed by atoms with Crippen molar-refractivity contribution in [1.82, 2.24) is 9.55 Å². The minimum Gasteiger partial charge on any atom is -0.497 e. The van der Waals surface area contributed by atoms with Gasteiger partial charge in [0.25, 0.3) is 0 Å². The minimum absolute atomic E-state index is 0.180. The molecule has 35 heavy (non-hydrogen) atoms. The number of nitrogens with zero attached hydrogens (tertiary/aromatic N) is 3. The van der Waals surface area contributed by atoms with E-state index in [-0.39, 0.29) is 18.1 Å². The maximum atomic E-state index is 14.4. The topological polar surface area (TPSA) is 157 Å². The Morgan fingerprint density at radius 3 is 2.60 bits per heavy atom. The first-order valence-electron chi connectivity index (χ1n) is 10.2. The molecular formula is C21H21F2N3O9. The van der Waals surface area contributed by atoms with Gasteiger partial charge in [-0.05, 0) is 18.2 Å². The van der Waals surface area contributed by atoms with Crippen molar-refractivity contribution >= 4 is 22.9 Å². The Morgan fingerprint density at radius 1 is 1.29 bits per heavy atom. The standard InChI is InChI=1S/C21H21F2N3O9/c1-32-11-5-10-6-12(34-16(10)13(7-11)33-2)8-26(20(30)31)15-3-4-25(19(29)24-15)18-21(22,23)17(28)14(9-27)35-18/h3-7,14,17-18,27-28H,8-9H2,1-2H3,(H,30,31)/t14-,17-,18-/m1/s1. The van der Waals surface area contributed by atoms with Gasteiger partial charge in [-0.2, -0.15) is 13.8 Å². The first-order chi connectivity index (χ1) is 16.6. The van der Waals surface area contributed by atoms with Gasteiger partial charge in [-0.15, -0.1) is 0 Å². The van der Waals surface area contributed by atoms with Gasteiger partial charge >= 0.3 is 17.7 Å². The van der Waals surface area contributed by atoms with Gasteiger partial charge in [0.05, 0.1) is 27.4 Å². The van der Waals surface area contributed by atoms with Crippen LogP contribution in [-0.2, 0) is 11.3 Å². The van der Waals surface area contributed by atoms with E-state index in [2.05, 4.69) is 4.98 Å². The number of hydrogen-bond acceptors (Lipinski definition) is 9. The number of ether oxygens (including phenoxy) is 3. The summed E-state index contributed by atoms with van der Waals surface area (Å²) in [6.45, 7) is -1.26. The molecule has 0 spiro atoms. The van der Waals surface area contributed by atoms with Crippen molar-refractivity contribution in [3.63, 3.8) is 0 Å². The van der Waals surface area contributed by atoms with Crippen LogP contribution in [0.3, 0.4) is 0 Å². The molecule has 0 unspecified atom stereocenters. The Hall–Kier alpha value is -3.75. The number of rotatable bonds is 7. The molecule has 3 heterocycles. The molecule has 12 nitrogen and oxygen atoms in total. The Kier molecular flexibility index (Phi) is 6.36. The number of fused-ring (bicyclic) bond motifs is 1. The highest BCUT2D eigenvalue weighted by Crippen LogP contribution is 2.42. The summed E-state index contributed by atoms with van der Waals surface area (Å²) in [5.74, 6) is -3.24. The van der Waals surface area contributed by atoms with Crippen LogP contribution in [0.2, 0.25) is 0 Å². The van der Waals surface area contributed by atoms with Crippen LogP contribution < -0.4 is 20.1 Å². The van der Waals surface area contributed by atoms with E-state index >= 15 is 0 Å². The zero-order valence-electron chi connectivity index (χ0n) is 18.4. The molecule has 0 radical (unpaired) electrons. The molecular weight excluding hydrogens is 476 g/mol. The molecule has 188 valence electrons. The molecule has 1 aromatic carbocycles. The number of halogens is 2. The average molecular weight is 497 g/mol. The van der Waals surface area contributed by atoms with E-state index in [4.69, 9.17) is 23.7 Å². The second-order valence-electron chi connectivity index (χ2n) is 7.63. The average Bonchev–Trinajstić information content (AvgIpc) is 3.34. The second kappa shape index (κ2) is 9.13. The van der Waals surface area contributed by atoms with E-state index in [1.54, 1.807) is 18.2 Å². The van der Waals surface area contributed by atoms with Gasteiger partial charge in [0.2, 0.25) is 6.23 Å². The molecule has 3 atom stereocenters. The largest absolute Gasteiger partial charge is 0.497 e. The van der Waals surface area contributed by atoms with Crippen LogP contribution in [0.4, 0.5) is 19.4 Å². The number of aromatic nitrogens is 2. The van der Waals surface area contributed by atoms with Crippen LogP contribution in [0, 0.1) is 0 Å². The highest BCUT2D eigenvalue weighted by molar-refractivity contribution is 5.87. The molecule has 0 aliphatic carbocycles. The molecule has 14 heteroatoms. The molecule has 3 aromatic rings. The molecule has 0 saturated carbocycles. The van der Waals surface area contributed by atoms with Crippen molar-refractivity contribution in [2.24, 2.45) is 0 Å². The SMILES string of the molecule is COc1cc(OC)c2oc(CN(C(=O)O)c3ccn([C@@H]4O[C@H](CO)[C@@H](O)C4(F)F)c(=O)n3)cc2c1. The summed E-state index contributed by atoms with van der Waals surface area (Å²) in [4.78, 5) is 28.7. The van der Waals surface area contributed by atoms with Gasteiger partial charge in [-0.1, -0.05) is 0 Å². The molecule has 2 aromatic heterocycles. The molecule has 3 N–H and O–H groups in total. The first kappa shape index (κ1) is 24.4. The Bertz CT molecular complexity index is 1310. The van der Waals surface area contributed by atoms with Crippen molar-refractivity contribution in [1.29, 1.82) is 0 Å². The van der Waals surface area contributed by atoms with E-state index in [1.165, 1.54) is 14.2 Å². The fourth-order valence-electron chi connectivity index (χ4n) is 3.75. The van der Waals surface area contributed by atoms with Crippen molar-refractivity contribution in [2.45, 2.75) is 30.9 Å². The summed E-state index contributed by atoms with van der Waals surface area (Å²) < 4.78 is 50.3. The lowest BCUT2D eigenvalue weighted by molar-refractivity contribution is -0.140. The lowest BCUT2D eigenvalue weighted by atomic mass is 10.1. The number of methoxy groups -OCH3 is 2. The lowest BCUT2D eigenvalue weighted by Gasteiger charge is -2.22. The number of alkyl halides is 2. The maximum Gasteiger partial charge on any atom is 0.413 e. The zero-order chi connectivity index (χ0) is 25.5. The van der Waals surface area contributed by atoms with Crippen molar-refractivity contribution in [3.8, 4) is 11.5 Å². The summed E-state index contributed by atoms with van der Waals surface area (Å²) in [7, 11) is 2.90. The number of amides is 1. The smallest absolute Gasteiger partial charge is 0.413 e. The van der Waals surface area contributed by atoms with Gasteiger partial charge in [0, 0.05) is 17.6 Å². The highest BCUT2D eigenvalue weighted by atomic mass is 19.3. The summed E-state index contributed by atoms with van der Waals surface area (Å²) in [5, 5.41) is 29.0. The van der Waals surface area contributed by atoms with Crippen LogP contribution in [0.1, 0.15) is 12.0 Å². The normalized spacial score (nSPS) is 21.3. The molecule has 1 amide bonds. The number of furan rings is 1. The van der Waals surface area contributed by atoms with Gasteiger partial charge < -0.3 is 33.9 Å². The predicted octanol–water partition coefficient (Wildman–Crippen LogP) is 1.58. The number of benzene rings is 1. The summed E-state index contributed by atoms with van der Waals surface area (Å²) in [6.07, 6.45) is -6.81. The third-order valence-corrected chi connectivity index (χ3v) is 5.51. The molecule has 1 saturated heterocycles. The van der Waals surface area contributed by atoms with E-state index in [9.17, 15) is 28.6 Å². The summed E-state index contributed by atoms with van der Waals surface area (Å²) in [6, 6.07) is 5.83. The van der Waals surface area contributed by atoms with Gasteiger partial charge in [0.1, 0.15) is 23.4 Å². The van der Waals surface area contributed by atoms with Gasteiger partial charge in [-0.3, -0.25) is 9.47 Å². The van der Waals surface area contributed by atoms with Crippen LogP contribution in [0.25, 0.3) is 11.0 Å². The minimum atomic E-state index is -3.90. The Balaban J connectivity index is 1.65. The Labute approximate surface area is 195 Å². The summed E-state index contributed by atoms with van der Waals surface area (Å²) >= 11 is 0. The third kappa shape index (κ3) is 4.26. The number of aliphatic hydroxyl groups excluding tert-OH is 2.